The Kier molecular flexibility index (Phi) is 3.01. The monoisotopic (exact) mass is 236 g/mol. The SMILES string of the molecule is C=CS(=O)(=O)c1ccc(Cl)c(Cl)c1. The quantitative estimate of drug-likeness (QED) is 0.792. The van der Waals surface area contributed by atoms with Crippen LogP contribution in [-0.4, -0.2) is 8.42 Å². The van der Waals surface area contributed by atoms with E-state index in [1.54, 1.807) is 0 Å². The highest BCUT2D eigenvalue weighted by atomic mass is 35.5. The summed E-state index contributed by atoms with van der Waals surface area (Å²) in [5, 5.41) is 1.40. The summed E-state index contributed by atoms with van der Waals surface area (Å²) in [6.45, 7) is 3.20. The van der Waals surface area contributed by atoms with Crippen LogP contribution in [0.5, 0.6) is 0 Å². The van der Waals surface area contributed by atoms with Crippen LogP contribution < -0.4 is 0 Å². The molecule has 0 saturated heterocycles. The first-order chi connectivity index (χ1) is 5.97. The first-order valence-electron chi connectivity index (χ1n) is 3.30. The molecule has 1 rings (SSSR count). The summed E-state index contributed by atoms with van der Waals surface area (Å²) in [4.78, 5) is 0.0944. The van der Waals surface area contributed by atoms with Gasteiger partial charge in [-0.25, -0.2) is 8.42 Å². The lowest BCUT2D eigenvalue weighted by Crippen LogP contribution is -1.94. The van der Waals surface area contributed by atoms with Crippen LogP contribution in [0.2, 0.25) is 10.0 Å². The van der Waals surface area contributed by atoms with Crippen molar-refractivity contribution >= 4 is 33.0 Å². The number of rotatable bonds is 2. The average molecular weight is 237 g/mol. The molecule has 0 aliphatic heterocycles. The second-order valence-corrected chi connectivity index (χ2v) is 5.00. The maximum atomic E-state index is 11.2. The predicted octanol–water partition coefficient (Wildman–Crippen LogP) is 2.91. The molecular weight excluding hydrogens is 231 g/mol. The largest absolute Gasteiger partial charge is 0.219 e. The summed E-state index contributed by atoms with van der Waals surface area (Å²) < 4.78 is 22.5. The standard InChI is InChI=1S/C8H6Cl2O2S/c1-2-13(11,12)6-3-4-7(9)8(10)5-6/h2-5H,1H2. The van der Waals surface area contributed by atoms with Crippen molar-refractivity contribution in [3.05, 3.63) is 40.2 Å². The third-order valence-electron chi connectivity index (χ3n) is 1.44. The van der Waals surface area contributed by atoms with Crippen molar-refractivity contribution < 1.29 is 8.42 Å². The fraction of sp³-hybridized carbons (Fsp3) is 0. The topological polar surface area (TPSA) is 34.1 Å². The Labute approximate surface area is 86.7 Å². The molecule has 0 aliphatic rings. The molecule has 0 unspecified atom stereocenters. The highest BCUT2D eigenvalue weighted by Crippen LogP contribution is 2.25. The summed E-state index contributed by atoms with van der Waals surface area (Å²) in [6.07, 6.45) is 0. The van der Waals surface area contributed by atoms with Gasteiger partial charge in [0.2, 0.25) is 0 Å². The Morgan fingerprint density at radius 2 is 1.85 bits per heavy atom. The zero-order valence-electron chi connectivity index (χ0n) is 6.50. The molecule has 0 amide bonds. The first kappa shape index (κ1) is 10.6. The van der Waals surface area contributed by atoms with Crippen LogP contribution in [-0.2, 0) is 9.84 Å². The fourth-order valence-electron chi connectivity index (χ4n) is 0.750. The van der Waals surface area contributed by atoms with Crippen LogP contribution in [0.4, 0.5) is 0 Å². The van der Waals surface area contributed by atoms with Gasteiger partial charge >= 0.3 is 0 Å². The van der Waals surface area contributed by atoms with Gasteiger partial charge in [-0.05, 0) is 18.2 Å². The average Bonchev–Trinajstić information content (AvgIpc) is 2.09. The molecule has 2 nitrogen and oxygen atoms in total. The third kappa shape index (κ3) is 2.24. The molecule has 13 heavy (non-hydrogen) atoms. The van der Waals surface area contributed by atoms with Crippen molar-refractivity contribution in [2.45, 2.75) is 4.90 Å². The van der Waals surface area contributed by atoms with E-state index < -0.39 is 9.84 Å². The van der Waals surface area contributed by atoms with Crippen LogP contribution >= 0.6 is 23.2 Å². The maximum Gasteiger partial charge on any atom is 0.199 e. The van der Waals surface area contributed by atoms with Crippen molar-refractivity contribution in [1.82, 2.24) is 0 Å². The molecule has 0 atom stereocenters. The normalized spacial score (nSPS) is 11.2. The van der Waals surface area contributed by atoms with Crippen molar-refractivity contribution in [3.8, 4) is 0 Å². The zero-order chi connectivity index (χ0) is 10.1. The van der Waals surface area contributed by atoms with Crippen LogP contribution in [0.25, 0.3) is 0 Å². The van der Waals surface area contributed by atoms with Gasteiger partial charge in [-0.15, -0.1) is 0 Å². The molecule has 5 heteroatoms. The predicted molar refractivity (Wildman–Crippen MR) is 53.8 cm³/mol. The number of hydrogen-bond donors (Lipinski definition) is 0. The first-order valence-corrected chi connectivity index (χ1v) is 5.60. The Morgan fingerprint density at radius 1 is 1.23 bits per heavy atom. The van der Waals surface area contributed by atoms with E-state index in [1.807, 2.05) is 0 Å². The summed E-state index contributed by atoms with van der Waals surface area (Å²) in [7, 11) is -3.42. The summed E-state index contributed by atoms with van der Waals surface area (Å²) >= 11 is 11.3. The van der Waals surface area contributed by atoms with E-state index in [0.717, 1.165) is 5.41 Å². The lowest BCUT2D eigenvalue weighted by molar-refractivity contribution is 0.604. The van der Waals surface area contributed by atoms with Gasteiger partial charge in [0.05, 0.1) is 14.9 Å². The van der Waals surface area contributed by atoms with Gasteiger partial charge in [-0.1, -0.05) is 29.8 Å². The minimum atomic E-state index is -3.42. The fourth-order valence-corrected chi connectivity index (χ4v) is 1.85. The Bertz CT molecular complexity index is 437. The van der Waals surface area contributed by atoms with Crippen LogP contribution in [0, 0.1) is 0 Å². The van der Waals surface area contributed by atoms with Crippen LogP contribution in [0.3, 0.4) is 0 Å². The molecule has 0 heterocycles. The molecule has 1 aromatic rings. The van der Waals surface area contributed by atoms with E-state index in [9.17, 15) is 8.42 Å². The summed E-state index contributed by atoms with van der Waals surface area (Å²) in [5.41, 5.74) is 0. The van der Waals surface area contributed by atoms with E-state index in [-0.39, 0.29) is 9.92 Å². The summed E-state index contributed by atoms with van der Waals surface area (Å²) in [6, 6.07) is 4.10. The molecule has 0 bridgehead atoms. The van der Waals surface area contributed by atoms with Gasteiger partial charge in [0.1, 0.15) is 0 Å². The van der Waals surface area contributed by atoms with E-state index in [4.69, 9.17) is 23.2 Å². The van der Waals surface area contributed by atoms with E-state index in [2.05, 4.69) is 6.58 Å². The Balaban J connectivity index is 3.35. The minimum Gasteiger partial charge on any atom is -0.219 e. The number of benzene rings is 1. The minimum absolute atomic E-state index is 0.0944. The van der Waals surface area contributed by atoms with E-state index >= 15 is 0 Å². The van der Waals surface area contributed by atoms with Crippen molar-refractivity contribution in [1.29, 1.82) is 0 Å². The van der Waals surface area contributed by atoms with E-state index in [0.29, 0.717) is 5.02 Å². The molecule has 0 radical (unpaired) electrons. The van der Waals surface area contributed by atoms with Gasteiger partial charge in [0.25, 0.3) is 0 Å². The van der Waals surface area contributed by atoms with Crippen LogP contribution in [0.15, 0.2) is 35.1 Å². The van der Waals surface area contributed by atoms with Gasteiger partial charge < -0.3 is 0 Å². The molecule has 0 fully saturated rings. The second kappa shape index (κ2) is 3.70. The Hall–Kier alpha value is -0.510. The highest BCUT2D eigenvalue weighted by molar-refractivity contribution is 7.94. The smallest absolute Gasteiger partial charge is 0.199 e. The highest BCUT2D eigenvalue weighted by Gasteiger charge is 2.10. The molecule has 0 saturated carbocycles. The second-order valence-electron chi connectivity index (χ2n) is 2.29. The maximum absolute atomic E-state index is 11.2. The molecule has 0 aromatic heterocycles. The summed E-state index contributed by atoms with van der Waals surface area (Å²) in [5.74, 6) is 0. The van der Waals surface area contributed by atoms with E-state index in [1.165, 1.54) is 18.2 Å². The van der Waals surface area contributed by atoms with Crippen molar-refractivity contribution in [2.24, 2.45) is 0 Å². The third-order valence-corrected chi connectivity index (χ3v) is 3.53. The number of hydrogen-bond acceptors (Lipinski definition) is 2. The van der Waals surface area contributed by atoms with Gasteiger partial charge in [0, 0.05) is 5.41 Å². The number of halogens is 2. The lowest BCUT2D eigenvalue weighted by Gasteiger charge is -2.00. The molecule has 0 aliphatic carbocycles. The molecule has 70 valence electrons. The van der Waals surface area contributed by atoms with Crippen LogP contribution in [0.1, 0.15) is 0 Å². The van der Waals surface area contributed by atoms with Crippen molar-refractivity contribution in [3.63, 3.8) is 0 Å². The van der Waals surface area contributed by atoms with Gasteiger partial charge in [0.15, 0.2) is 9.84 Å². The zero-order valence-corrected chi connectivity index (χ0v) is 8.83. The van der Waals surface area contributed by atoms with Gasteiger partial charge in [-0.3, -0.25) is 0 Å². The number of sulfone groups is 1. The Morgan fingerprint density at radius 3 is 2.31 bits per heavy atom. The van der Waals surface area contributed by atoms with Crippen molar-refractivity contribution in [2.75, 3.05) is 0 Å². The molecule has 1 aromatic carbocycles. The lowest BCUT2D eigenvalue weighted by atomic mass is 10.4. The molecular formula is C8H6Cl2O2S. The van der Waals surface area contributed by atoms with Gasteiger partial charge in [-0.2, -0.15) is 0 Å². The molecule has 0 spiro atoms. The molecule has 0 N–H and O–H groups in total.